The maximum Gasteiger partial charge on any atom is 0.416 e. The zero-order valence-electron chi connectivity index (χ0n) is 12.9. The first-order chi connectivity index (χ1) is 10.3. The lowest BCUT2D eigenvalue weighted by Crippen LogP contribution is -2.39. The molecule has 0 amide bonds. The van der Waals surface area contributed by atoms with E-state index in [4.69, 9.17) is 5.73 Å². The van der Waals surface area contributed by atoms with Crippen LogP contribution < -0.4 is 5.73 Å². The predicted molar refractivity (Wildman–Crippen MR) is 81.8 cm³/mol. The van der Waals surface area contributed by atoms with E-state index in [0.717, 1.165) is 37.6 Å². The third kappa shape index (κ3) is 3.72. The summed E-state index contributed by atoms with van der Waals surface area (Å²) >= 11 is 0. The van der Waals surface area contributed by atoms with Crippen molar-refractivity contribution in [3.8, 4) is 0 Å². The molecule has 0 bridgehead atoms. The van der Waals surface area contributed by atoms with Crippen LogP contribution in [-0.4, -0.2) is 30.0 Å². The minimum absolute atomic E-state index is 0.111. The molecule has 0 radical (unpaired) electrons. The van der Waals surface area contributed by atoms with Gasteiger partial charge in [-0.3, -0.25) is 0 Å². The van der Waals surface area contributed by atoms with Gasteiger partial charge in [-0.05, 0) is 44.2 Å². The van der Waals surface area contributed by atoms with Gasteiger partial charge in [-0.2, -0.15) is 13.2 Å². The smallest absolute Gasteiger partial charge is 0.370 e. The first kappa shape index (κ1) is 16.6. The molecule has 0 spiro atoms. The van der Waals surface area contributed by atoms with Gasteiger partial charge in [-0.15, -0.1) is 0 Å². The van der Waals surface area contributed by atoms with E-state index >= 15 is 0 Å². The molecular formula is C16H22F3N3. The Morgan fingerprint density at radius 1 is 1.27 bits per heavy atom. The second-order valence-corrected chi connectivity index (χ2v) is 5.60. The van der Waals surface area contributed by atoms with Crippen LogP contribution in [0.5, 0.6) is 0 Å². The molecule has 0 atom stereocenters. The fraction of sp³-hybridized carbons (Fsp3) is 0.562. The van der Waals surface area contributed by atoms with Gasteiger partial charge in [-0.1, -0.05) is 18.2 Å². The van der Waals surface area contributed by atoms with E-state index in [1.807, 2.05) is 18.7 Å². The molecule has 0 aromatic heterocycles. The van der Waals surface area contributed by atoms with Gasteiger partial charge < -0.3 is 10.6 Å². The van der Waals surface area contributed by atoms with Crippen LogP contribution in [0.1, 0.15) is 43.7 Å². The van der Waals surface area contributed by atoms with Crippen LogP contribution in [0.15, 0.2) is 29.3 Å². The fourth-order valence-corrected chi connectivity index (χ4v) is 2.75. The molecule has 1 fully saturated rings. The summed E-state index contributed by atoms with van der Waals surface area (Å²) in [6, 6.07) is 5.70. The Balaban J connectivity index is 1.98. The van der Waals surface area contributed by atoms with Crippen molar-refractivity contribution in [3.05, 3.63) is 35.4 Å². The van der Waals surface area contributed by atoms with E-state index in [1.54, 1.807) is 6.07 Å². The Morgan fingerprint density at radius 2 is 1.91 bits per heavy atom. The number of hydrogen-bond donors (Lipinski definition) is 1. The van der Waals surface area contributed by atoms with Gasteiger partial charge in [0.15, 0.2) is 5.96 Å². The molecule has 22 heavy (non-hydrogen) atoms. The number of rotatable bonds is 4. The highest BCUT2D eigenvalue weighted by atomic mass is 19.4. The molecule has 1 aliphatic carbocycles. The Kier molecular flexibility index (Phi) is 4.98. The zero-order valence-corrected chi connectivity index (χ0v) is 12.9. The molecule has 2 N–H and O–H groups in total. The lowest BCUT2D eigenvalue weighted by Gasteiger charge is -2.34. The molecular weight excluding hydrogens is 291 g/mol. The van der Waals surface area contributed by atoms with Gasteiger partial charge in [0.25, 0.3) is 0 Å². The highest BCUT2D eigenvalue weighted by molar-refractivity contribution is 5.78. The van der Waals surface area contributed by atoms with E-state index < -0.39 is 11.7 Å². The topological polar surface area (TPSA) is 41.6 Å². The molecule has 3 nitrogen and oxygen atoms in total. The summed E-state index contributed by atoms with van der Waals surface area (Å²) in [6.07, 6.45) is -2.78. The summed E-state index contributed by atoms with van der Waals surface area (Å²) < 4.78 is 38.2. The molecule has 122 valence electrons. The summed E-state index contributed by atoms with van der Waals surface area (Å²) in [7, 11) is 0. The van der Waals surface area contributed by atoms with Crippen LogP contribution in [0.25, 0.3) is 0 Å². The Labute approximate surface area is 129 Å². The van der Waals surface area contributed by atoms with Crippen molar-refractivity contribution in [1.29, 1.82) is 0 Å². The molecule has 1 aromatic carbocycles. The number of halogens is 3. The molecule has 0 unspecified atom stereocenters. The molecule has 0 aliphatic heterocycles. The molecule has 2 rings (SSSR count). The molecule has 6 heteroatoms. The van der Waals surface area contributed by atoms with Crippen molar-refractivity contribution in [1.82, 2.24) is 4.90 Å². The molecule has 1 saturated carbocycles. The third-order valence-corrected chi connectivity index (χ3v) is 4.20. The normalized spacial score (nSPS) is 22.3. The van der Waals surface area contributed by atoms with Gasteiger partial charge in [0.2, 0.25) is 0 Å². The number of nitrogens with zero attached hydrogens (tertiary/aromatic N) is 2. The molecule has 0 saturated heterocycles. The molecule has 1 aliphatic rings. The lowest BCUT2D eigenvalue weighted by atomic mass is 9.76. The highest BCUT2D eigenvalue weighted by Gasteiger charge is 2.34. The van der Waals surface area contributed by atoms with Gasteiger partial charge in [0.05, 0.1) is 11.6 Å². The van der Waals surface area contributed by atoms with Crippen molar-refractivity contribution in [2.75, 3.05) is 13.1 Å². The predicted octanol–water partition coefficient (Wildman–Crippen LogP) is 3.61. The van der Waals surface area contributed by atoms with Gasteiger partial charge >= 0.3 is 6.18 Å². The SMILES string of the molecule is CCN(CC)C(N)=NC1CC(c2cccc(C(F)(F)F)c2)C1. The van der Waals surface area contributed by atoms with Crippen molar-refractivity contribution in [2.24, 2.45) is 10.7 Å². The largest absolute Gasteiger partial charge is 0.416 e. The zero-order chi connectivity index (χ0) is 16.3. The van der Waals surface area contributed by atoms with E-state index in [1.165, 1.54) is 12.1 Å². The number of aliphatic imine (C=N–C) groups is 1. The second kappa shape index (κ2) is 6.58. The first-order valence-electron chi connectivity index (χ1n) is 7.60. The van der Waals surface area contributed by atoms with Crippen molar-refractivity contribution < 1.29 is 13.2 Å². The third-order valence-electron chi connectivity index (χ3n) is 4.20. The number of guanidine groups is 1. The number of hydrogen-bond acceptors (Lipinski definition) is 1. The summed E-state index contributed by atoms with van der Waals surface area (Å²) in [5, 5.41) is 0. The van der Waals surface area contributed by atoms with E-state index in [0.29, 0.717) is 5.96 Å². The van der Waals surface area contributed by atoms with Crippen LogP contribution in [0.2, 0.25) is 0 Å². The Morgan fingerprint density at radius 3 is 2.45 bits per heavy atom. The molecule has 0 heterocycles. The highest BCUT2D eigenvalue weighted by Crippen LogP contribution is 2.40. The Hall–Kier alpha value is -1.72. The summed E-state index contributed by atoms with van der Waals surface area (Å²) in [6.45, 7) is 5.63. The van der Waals surface area contributed by atoms with Crippen LogP contribution >= 0.6 is 0 Å². The van der Waals surface area contributed by atoms with Crippen LogP contribution in [0, 0.1) is 0 Å². The summed E-state index contributed by atoms with van der Waals surface area (Å²) in [4.78, 5) is 6.44. The lowest BCUT2D eigenvalue weighted by molar-refractivity contribution is -0.137. The van der Waals surface area contributed by atoms with Crippen molar-refractivity contribution in [2.45, 2.75) is 44.8 Å². The fourth-order valence-electron chi connectivity index (χ4n) is 2.75. The first-order valence-corrected chi connectivity index (χ1v) is 7.60. The van der Waals surface area contributed by atoms with E-state index in [2.05, 4.69) is 4.99 Å². The van der Waals surface area contributed by atoms with E-state index in [9.17, 15) is 13.2 Å². The second-order valence-electron chi connectivity index (χ2n) is 5.60. The maximum absolute atomic E-state index is 12.7. The van der Waals surface area contributed by atoms with Gasteiger partial charge in [0.1, 0.15) is 0 Å². The maximum atomic E-state index is 12.7. The monoisotopic (exact) mass is 313 g/mol. The molecule has 1 aromatic rings. The van der Waals surface area contributed by atoms with Crippen LogP contribution in [0.4, 0.5) is 13.2 Å². The summed E-state index contributed by atoms with van der Waals surface area (Å²) in [5.41, 5.74) is 6.10. The van der Waals surface area contributed by atoms with Crippen LogP contribution in [0.3, 0.4) is 0 Å². The average molecular weight is 313 g/mol. The van der Waals surface area contributed by atoms with Gasteiger partial charge in [-0.25, -0.2) is 4.99 Å². The minimum Gasteiger partial charge on any atom is -0.370 e. The standard InChI is InChI=1S/C16H22F3N3/c1-3-22(4-2)15(20)21-14-9-12(10-14)11-6-5-7-13(8-11)16(17,18)19/h5-8,12,14H,3-4,9-10H2,1-2H3,(H2,20,21). The Bertz CT molecular complexity index is 530. The average Bonchev–Trinajstić information content (AvgIpc) is 2.43. The minimum atomic E-state index is -4.29. The number of nitrogens with two attached hydrogens (primary N) is 1. The quantitative estimate of drug-likeness (QED) is 0.681. The summed E-state index contributed by atoms with van der Waals surface area (Å²) in [5.74, 6) is 0.665. The number of benzene rings is 1. The van der Waals surface area contributed by atoms with Crippen molar-refractivity contribution >= 4 is 5.96 Å². The van der Waals surface area contributed by atoms with Gasteiger partial charge in [0, 0.05) is 13.1 Å². The number of alkyl halides is 3. The van der Waals surface area contributed by atoms with Crippen LogP contribution in [-0.2, 0) is 6.18 Å². The van der Waals surface area contributed by atoms with E-state index in [-0.39, 0.29) is 12.0 Å². The van der Waals surface area contributed by atoms with Crippen molar-refractivity contribution in [3.63, 3.8) is 0 Å².